The van der Waals surface area contributed by atoms with E-state index in [1.165, 1.54) is 17.3 Å². The Morgan fingerprint density at radius 2 is 1.89 bits per heavy atom. The van der Waals surface area contributed by atoms with Crippen LogP contribution < -0.4 is 5.32 Å². The molecule has 3 aromatic rings. The molecule has 1 N–H and O–H groups in total. The van der Waals surface area contributed by atoms with E-state index in [1.807, 2.05) is 26.0 Å². The van der Waals surface area contributed by atoms with Crippen LogP contribution in [0.3, 0.4) is 0 Å². The summed E-state index contributed by atoms with van der Waals surface area (Å²) in [5.41, 5.74) is 5.47. The van der Waals surface area contributed by atoms with E-state index in [-0.39, 0.29) is 11.7 Å². The molecule has 0 bridgehead atoms. The third-order valence-electron chi connectivity index (χ3n) is 5.16. The number of anilines is 1. The average Bonchev–Trinajstić information content (AvgIpc) is 2.88. The third-order valence-corrected chi connectivity index (χ3v) is 5.16. The predicted molar refractivity (Wildman–Crippen MR) is 110 cm³/mol. The Balaban J connectivity index is 1.67. The van der Waals surface area contributed by atoms with Crippen molar-refractivity contribution in [3.8, 4) is 0 Å². The van der Waals surface area contributed by atoms with Crippen molar-refractivity contribution in [2.24, 2.45) is 0 Å². The highest BCUT2D eigenvalue weighted by Crippen LogP contribution is 2.21. The first kappa shape index (κ1) is 20.0. The Morgan fingerprint density at radius 3 is 2.57 bits per heavy atom. The lowest BCUT2D eigenvalue weighted by molar-refractivity contribution is 0.519. The summed E-state index contributed by atoms with van der Waals surface area (Å²) >= 11 is 0. The molecule has 0 saturated carbocycles. The van der Waals surface area contributed by atoms with Crippen molar-refractivity contribution < 1.29 is 4.39 Å². The van der Waals surface area contributed by atoms with E-state index in [2.05, 4.69) is 45.8 Å². The van der Waals surface area contributed by atoms with Crippen LogP contribution >= 0.6 is 0 Å². The van der Waals surface area contributed by atoms with Gasteiger partial charge in [0.2, 0.25) is 0 Å². The lowest BCUT2D eigenvalue weighted by atomic mass is 10.1. The maximum Gasteiger partial charge on any atom is 0.129 e. The van der Waals surface area contributed by atoms with Gasteiger partial charge in [0.25, 0.3) is 0 Å². The minimum absolute atomic E-state index is 0.203. The van der Waals surface area contributed by atoms with Gasteiger partial charge in [-0.3, -0.25) is 4.68 Å². The molecule has 1 aromatic carbocycles. The number of benzene rings is 1. The summed E-state index contributed by atoms with van der Waals surface area (Å²) in [5, 5.41) is 7.98. The van der Waals surface area contributed by atoms with Gasteiger partial charge in [-0.25, -0.2) is 14.4 Å². The van der Waals surface area contributed by atoms with Gasteiger partial charge in [-0.2, -0.15) is 5.10 Å². The van der Waals surface area contributed by atoms with E-state index in [0.29, 0.717) is 6.54 Å². The number of halogens is 1. The maximum absolute atomic E-state index is 13.3. The lowest BCUT2D eigenvalue weighted by Gasteiger charge is -2.15. The van der Waals surface area contributed by atoms with E-state index in [1.54, 1.807) is 12.1 Å². The summed E-state index contributed by atoms with van der Waals surface area (Å²) in [6, 6.07) is 8.70. The molecule has 0 fully saturated rings. The van der Waals surface area contributed by atoms with E-state index in [0.717, 1.165) is 41.6 Å². The zero-order valence-electron chi connectivity index (χ0n) is 17.3. The molecular weight excluding hydrogens is 353 g/mol. The van der Waals surface area contributed by atoms with Gasteiger partial charge in [0.1, 0.15) is 17.5 Å². The van der Waals surface area contributed by atoms with E-state index in [4.69, 9.17) is 0 Å². The summed E-state index contributed by atoms with van der Waals surface area (Å²) in [5.74, 6) is 1.55. The van der Waals surface area contributed by atoms with Crippen LogP contribution in [-0.2, 0) is 13.0 Å². The molecule has 0 radical (unpaired) electrons. The summed E-state index contributed by atoms with van der Waals surface area (Å²) in [6.07, 6.45) is 0.733. The van der Waals surface area contributed by atoms with Crippen molar-refractivity contribution in [2.75, 3.05) is 11.9 Å². The van der Waals surface area contributed by atoms with Gasteiger partial charge in [-0.1, -0.05) is 19.1 Å². The molecule has 0 unspecified atom stereocenters. The van der Waals surface area contributed by atoms with Crippen LogP contribution in [0.5, 0.6) is 0 Å². The molecular formula is C22H28FN5. The minimum atomic E-state index is -0.203. The highest BCUT2D eigenvalue weighted by Gasteiger charge is 2.14. The SMILES string of the molecule is Cc1nc(NCCc2cccc(F)c2)cc([C@@H](C)Cn2nc(C)c(C)c2C)n1. The highest BCUT2D eigenvalue weighted by atomic mass is 19.1. The summed E-state index contributed by atoms with van der Waals surface area (Å²) in [7, 11) is 0. The van der Waals surface area contributed by atoms with Crippen LogP contribution in [0.15, 0.2) is 30.3 Å². The molecule has 2 heterocycles. The number of nitrogens with one attached hydrogen (secondary N) is 1. The van der Waals surface area contributed by atoms with Gasteiger partial charge >= 0.3 is 0 Å². The topological polar surface area (TPSA) is 55.6 Å². The van der Waals surface area contributed by atoms with Gasteiger partial charge < -0.3 is 5.32 Å². The van der Waals surface area contributed by atoms with E-state index >= 15 is 0 Å². The number of rotatable bonds is 7. The second kappa shape index (κ2) is 8.50. The minimum Gasteiger partial charge on any atom is -0.370 e. The van der Waals surface area contributed by atoms with Crippen molar-refractivity contribution in [3.63, 3.8) is 0 Å². The van der Waals surface area contributed by atoms with Crippen LogP contribution in [-0.4, -0.2) is 26.3 Å². The molecule has 3 rings (SSSR count). The fraction of sp³-hybridized carbons (Fsp3) is 0.409. The maximum atomic E-state index is 13.3. The van der Waals surface area contributed by atoms with Crippen molar-refractivity contribution in [2.45, 2.75) is 53.5 Å². The fourth-order valence-corrected chi connectivity index (χ4v) is 3.28. The monoisotopic (exact) mass is 381 g/mol. The standard InChI is InChI=1S/C22H28FN5/c1-14(13-28-17(4)15(2)16(3)27-28)21-12-22(26-18(5)25-21)24-10-9-19-7-6-8-20(23)11-19/h6-8,11-12,14H,9-10,13H2,1-5H3,(H,24,25,26)/t14-/m0/s1. The second-order valence-electron chi connectivity index (χ2n) is 7.41. The Labute approximate surface area is 166 Å². The summed E-state index contributed by atoms with van der Waals surface area (Å²) in [4.78, 5) is 9.11. The zero-order valence-corrected chi connectivity index (χ0v) is 17.3. The van der Waals surface area contributed by atoms with Gasteiger partial charge in [-0.15, -0.1) is 0 Å². The average molecular weight is 381 g/mol. The molecule has 0 amide bonds. The van der Waals surface area contributed by atoms with Crippen LogP contribution in [0.25, 0.3) is 0 Å². The quantitative estimate of drug-likeness (QED) is 0.654. The normalized spacial score (nSPS) is 12.2. The van der Waals surface area contributed by atoms with Crippen LogP contribution in [0.1, 0.15) is 46.9 Å². The fourth-order valence-electron chi connectivity index (χ4n) is 3.28. The predicted octanol–water partition coefficient (Wildman–Crippen LogP) is 4.50. The van der Waals surface area contributed by atoms with Crippen molar-refractivity contribution in [3.05, 3.63) is 70.2 Å². The van der Waals surface area contributed by atoms with E-state index < -0.39 is 0 Å². The van der Waals surface area contributed by atoms with Crippen LogP contribution in [0.4, 0.5) is 10.2 Å². The Kier molecular flexibility index (Phi) is 6.07. The molecule has 28 heavy (non-hydrogen) atoms. The molecule has 5 nitrogen and oxygen atoms in total. The molecule has 0 saturated heterocycles. The number of hydrogen-bond donors (Lipinski definition) is 1. The first-order valence-electron chi connectivity index (χ1n) is 9.68. The van der Waals surface area contributed by atoms with Gasteiger partial charge in [0.15, 0.2) is 0 Å². The van der Waals surface area contributed by atoms with Crippen molar-refractivity contribution in [1.29, 1.82) is 0 Å². The second-order valence-corrected chi connectivity index (χ2v) is 7.41. The first-order chi connectivity index (χ1) is 13.3. The van der Waals surface area contributed by atoms with Gasteiger partial charge in [0.05, 0.1) is 11.4 Å². The zero-order chi connectivity index (χ0) is 20.3. The molecule has 0 spiro atoms. The van der Waals surface area contributed by atoms with Crippen LogP contribution in [0.2, 0.25) is 0 Å². The molecule has 6 heteroatoms. The number of hydrogen-bond acceptors (Lipinski definition) is 4. The Hall–Kier alpha value is -2.76. The third kappa shape index (κ3) is 4.74. The summed E-state index contributed by atoms with van der Waals surface area (Å²) in [6.45, 7) is 11.8. The Bertz CT molecular complexity index is 964. The molecule has 1 atom stereocenters. The highest BCUT2D eigenvalue weighted by molar-refractivity contribution is 5.37. The molecule has 2 aromatic heterocycles. The number of aryl methyl sites for hydroxylation is 2. The Morgan fingerprint density at radius 1 is 1.11 bits per heavy atom. The van der Waals surface area contributed by atoms with Gasteiger partial charge in [-0.05, 0) is 57.4 Å². The molecule has 148 valence electrons. The first-order valence-corrected chi connectivity index (χ1v) is 9.68. The largest absolute Gasteiger partial charge is 0.370 e. The van der Waals surface area contributed by atoms with Crippen molar-refractivity contribution in [1.82, 2.24) is 19.7 Å². The van der Waals surface area contributed by atoms with E-state index in [9.17, 15) is 4.39 Å². The number of aromatic nitrogens is 4. The smallest absolute Gasteiger partial charge is 0.129 e. The lowest BCUT2D eigenvalue weighted by Crippen LogP contribution is -2.13. The van der Waals surface area contributed by atoms with Crippen molar-refractivity contribution >= 4 is 5.82 Å². The molecule has 0 aliphatic carbocycles. The van der Waals surface area contributed by atoms with Crippen LogP contribution in [0, 0.1) is 33.5 Å². The molecule has 0 aliphatic heterocycles. The number of nitrogens with zero attached hydrogens (tertiary/aromatic N) is 4. The van der Waals surface area contributed by atoms with Gasteiger partial charge in [0, 0.05) is 30.8 Å². The summed E-state index contributed by atoms with van der Waals surface area (Å²) < 4.78 is 15.4. The molecule has 0 aliphatic rings.